The molecule has 0 radical (unpaired) electrons. The molecule has 4 heteroatoms. The topological polar surface area (TPSA) is 57.6 Å². The molecule has 1 aromatic rings. The number of hydrogen-bond donors (Lipinski definition) is 1. The van der Waals surface area contributed by atoms with E-state index in [9.17, 15) is 14.7 Å². The molecule has 0 aromatic heterocycles. The van der Waals surface area contributed by atoms with Crippen molar-refractivity contribution in [1.82, 2.24) is 0 Å². The number of hydrogen-bond acceptors (Lipinski definition) is 3. The van der Waals surface area contributed by atoms with Gasteiger partial charge in [-0.3, -0.25) is 4.79 Å². The molecule has 1 fully saturated rings. The first kappa shape index (κ1) is 11.6. The van der Waals surface area contributed by atoms with E-state index in [1.54, 1.807) is 12.1 Å². The normalized spacial score (nSPS) is 15.6. The van der Waals surface area contributed by atoms with E-state index in [2.05, 4.69) is 4.90 Å². The summed E-state index contributed by atoms with van der Waals surface area (Å²) >= 11 is 0. The number of carboxylic acids is 1. The summed E-state index contributed by atoms with van der Waals surface area (Å²) in [5.41, 5.74) is 1.35. The molecular weight excluding hydrogens is 218 g/mol. The van der Waals surface area contributed by atoms with Gasteiger partial charge in [0.25, 0.3) is 0 Å². The fourth-order valence-electron chi connectivity index (χ4n) is 2.21. The Morgan fingerprint density at radius 2 is 1.94 bits per heavy atom. The largest absolute Gasteiger partial charge is 0.478 e. The Morgan fingerprint density at radius 1 is 1.24 bits per heavy atom. The van der Waals surface area contributed by atoms with Gasteiger partial charge in [-0.25, -0.2) is 4.79 Å². The summed E-state index contributed by atoms with van der Waals surface area (Å²) in [5.74, 6) is -0.978. The predicted octanol–water partition coefficient (Wildman–Crippen LogP) is 2.19. The van der Waals surface area contributed by atoms with E-state index in [0.29, 0.717) is 11.8 Å². The fourth-order valence-corrected chi connectivity index (χ4v) is 2.21. The SMILES string of the molecule is O=Cc1ccc(N2CCCCC2)c(C(=O)O)c1. The summed E-state index contributed by atoms with van der Waals surface area (Å²) in [6.07, 6.45) is 4.06. The minimum Gasteiger partial charge on any atom is -0.478 e. The van der Waals surface area contributed by atoms with Crippen molar-refractivity contribution in [3.05, 3.63) is 29.3 Å². The van der Waals surface area contributed by atoms with E-state index < -0.39 is 5.97 Å². The summed E-state index contributed by atoms with van der Waals surface area (Å²) in [6, 6.07) is 4.85. The number of aromatic carboxylic acids is 1. The standard InChI is InChI=1S/C13H15NO3/c15-9-10-4-5-12(11(8-10)13(16)17)14-6-2-1-3-7-14/h4-5,8-9H,1-3,6-7H2,(H,16,17). The van der Waals surface area contributed by atoms with E-state index in [4.69, 9.17) is 0 Å². The van der Waals surface area contributed by atoms with Crippen molar-refractivity contribution < 1.29 is 14.7 Å². The van der Waals surface area contributed by atoms with Crippen molar-refractivity contribution in [2.24, 2.45) is 0 Å². The minimum absolute atomic E-state index is 0.219. The third-order valence-electron chi connectivity index (χ3n) is 3.08. The highest BCUT2D eigenvalue weighted by Gasteiger charge is 2.18. The molecule has 1 aromatic carbocycles. The second-order valence-electron chi connectivity index (χ2n) is 4.25. The van der Waals surface area contributed by atoms with Crippen LogP contribution in [0.1, 0.15) is 40.0 Å². The number of carbonyl (C=O) groups is 2. The zero-order valence-electron chi connectivity index (χ0n) is 9.56. The number of aldehydes is 1. The Bertz CT molecular complexity index is 436. The first-order valence-corrected chi connectivity index (χ1v) is 5.80. The molecule has 0 unspecified atom stereocenters. The van der Waals surface area contributed by atoms with Crippen LogP contribution in [0.25, 0.3) is 0 Å². The van der Waals surface area contributed by atoms with Gasteiger partial charge in [0.05, 0.1) is 11.3 Å². The molecule has 0 saturated carbocycles. The highest BCUT2D eigenvalue weighted by Crippen LogP contribution is 2.25. The minimum atomic E-state index is -0.978. The predicted molar refractivity (Wildman–Crippen MR) is 64.9 cm³/mol. The van der Waals surface area contributed by atoms with Crippen LogP contribution in [0.2, 0.25) is 0 Å². The Kier molecular flexibility index (Phi) is 3.42. The number of rotatable bonds is 3. The third-order valence-corrected chi connectivity index (χ3v) is 3.08. The maximum absolute atomic E-state index is 11.2. The van der Waals surface area contributed by atoms with Gasteiger partial charge in [-0.05, 0) is 37.5 Å². The van der Waals surface area contributed by atoms with Crippen molar-refractivity contribution in [2.45, 2.75) is 19.3 Å². The van der Waals surface area contributed by atoms with Gasteiger partial charge in [-0.15, -0.1) is 0 Å². The van der Waals surface area contributed by atoms with Crippen LogP contribution in [0, 0.1) is 0 Å². The average molecular weight is 233 g/mol. The summed E-state index contributed by atoms with van der Waals surface area (Å²) in [6.45, 7) is 1.78. The van der Waals surface area contributed by atoms with Crippen molar-refractivity contribution in [2.75, 3.05) is 18.0 Å². The molecule has 1 heterocycles. The Morgan fingerprint density at radius 3 is 2.53 bits per heavy atom. The number of carbonyl (C=O) groups excluding carboxylic acids is 1. The Hall–Kier alpha value is -1.84. The number of carboxylic acid groups (broad SMARTS) is 1. The van der Waals surface area contributed by atoms with Crippen molar-refractivity contribution >= 4 is 17.9 Å². The molecule has 90 valence electrons. The average Bonchev–Trinajstić information content (AvgIpc) is 2.39. The quantitative estimate of drug-likeness (QED) is 0.813. The van der Waals surface area contributed by atoms with E-state index in [1.165, 1.54) is 12.5 Å². The van der Waals surface area contributed by atoms with Crippen LogP contribution in [0.3, 0.4) is 0 Å². The van der Waals surface area contributed by atoms with Crippen molar-refractivity contribution in [3.8, 4) is 0 Å². The molecule has 0 atom stereocenters. The Labute approximate surface area is 99.9 Å². The molecule has 0 spiro atoms. The number of piperidine rings is 1. The van der Waals surface area contributed by atoms with Gasteiger partial charge in [0.15, 0.2) is 0 Å². The summed E-state index contributed by atoms with van der Waals surface area (Å²) in [7, 11) is 0. The van der Waals surface area contributed by atoms with Gasteiger partial charge in [0, 0.05) is 18.7 Å². The number of nitrogens with zero attached hydrogens (tertiary/aromatic N) is 1. The van der Waals surface area contributed by atoms with E-state index in [0.717, 1.165) is 31.6 Å². The van der Waals surface area contributed by atoms with Crippen LogP contribution < -0.4 is 4.90 Å². The molecule has 4 nitrogen and oxygen atoms in total. The lowest BCUT2D eigenvalue weighted by Crippen LogP contribution is -2.30. The summed E-state index contributed by atoms with van der Waals surface area (Å²) < 4.78 is 0. The van der Waals surface area contributed by atoms with Crippen LogP contribution in [-0.2, 0) is 0 Å². The molecule has 1 aliphatic heterocycles. The second kappa shape index (κ2) is 4.99. The first-order valence-electron chi connectivity index (χ1n) is 5.80. The van der Waals surface area contributed by atoms with Crippen LogP contribution in [0.15, 0.2) is 18.2 Å². The molecule has 1 saturated heterocycles. The third kappa shape index (κ3) is 2.46. The van der Waals surface area contributed by atoms with E-state index in [1.807, 2.05) is 0 Å². The zero-order chi connectivity index (χ0) is 12.3. The van der Waals surface area contributed by atoms with Crippen LogP contribution in [0.4, 0.5) is 5.69 Å². The van der Waals surface area contributed by atoms with Gasteiger partial charge < -0.3 is 10.0 Å². The highest BCUT2D eigenvalue weighted by molar-refractivity contribution is 5.96. The van der Waals surface area contributed by atoms with Crippen LogP contribution in [0.5, 0.6) is 0 Å². The van der Waals surface area contributed by atoms with E-state index >= 15 is 0 Å². The van der Waals surface area contributed by atoms with Gasteiger partial charge in [0.1, 0.15) is 6.29 Å². The smallest absolute Gasteiger partial charge is 0.337 e. The fraction of sp³-hybridized carbons (Fsp3) is 0.385. The first-order chi connectivity index (χ1) is 8.22. The second-order valence-corrected chi connectivity index (χ2v) is 4.25. The lowest BCUT2D eigenvalue weighted by atomic mass is 10.0. The molecule has 17 heavy (non-hydrogen) atoms. The lowest BCUT2D eigenvalue weighted by molar-refractivity contribution is 0.0697. The molecular formula is C13H15NO3. The molecule has 0 aliphatic carbocycles. The molecule has 2 rings (SSSR count). The molecule has 0 bridgehead atoms. The molecule has 1 aliphatic rings. The van der Waals surface area contributed by atoms with Gasteiger partial charge >= 0.3 is 5.97 Å². The highest BCUT2D eigenvalue weighted by atomic mass is 16.4. The summed E-state index contributed by atoms with van der Waals surface area (Å²) in [5, 5.41) is 9.17. The maximum Gasteiger partial charge on any atom is 0.337 e. The lowest BCUT2D eigenvalue weighted by Gasteiger charge is -2.29. The van der Waals surface area contributed by atoms with Gasteiger partial charge in [-0.2, -0.15) is 0 Å². The molecule has 0 amide bonds. The van der Waals surface area contributed by atoms with Crippen LogP contribution >= 0.6 is 0 Å². The van der Waals surface area contributed by atoms with Crippen LogP contribution in [-0.4, -0.2) is 30.5 Å². The monoisotopic (exact) mass is 233 g/mol. The number of benzene rings is 1. The van der Waals surface area contributed by atoms with E-state index in [-0.39, 0.29) is 5.56 Å². The zero-order valence-corrected chi connectivity index (χ0v) is 9.56. The van der Waals surface area contributed by atoms with Crippen molar-refractivity contribution in [1.29, 1.82) is 0 Å². The van der Waals surface area contributed by atoms with Gasteiger partial charge in [-0.1, -0.05) is 0 Å². The number of anilines is 1. The van der Waals surface area contributed by atoms with Crippen molar-refractivity contribution in [3.63, 3.8) is 0 Å². The maximum atomic E-state index is 11.2. The van der Waals surface area contributed by atoms with Gasteiger partial charge in [0.2, 0.25) is 0 Å². The molecule has 1 N–H and O–H groups in total. The summed E-state index contributed by atoms with van der Waals surface area (Å²) in [4.78, 5) is 23.9. The Balaban J connectivity index is 2.37.